The van der Waals surface area contributed by atoms with E-state index in [2.05, 4.69) is 6.58 Å². The van der Waals surface area contributed by atoms with Crippen molar-refractivity contribution < 1.29 is 4.79 Å². The van der Waals surface area contributed by atoms with Gasteiger partial charge in [-0.15, -0.1) is 6.58 Å². The number of nitrogens with two attached hydrogens (primary N) is 1. The molecule has 2 N–H and O–H groups in total. The fraction of sp³-hybridized carbons (Fsp3) is 0.727. The molecule has 0 saturated carbocycles. The minimum atomic E-state index is -0.325. The number of carbonyl (C=O) groups excluding carboxylic acids is 1. The molecule has 0 fully saturated rings. The van der Waals surface area contributed by atoms with Gasteiger partial charge in [-0.1, -0.05) is 19.4 Å². The Morgan fingerprint density at radius 2 is 2.29 bits per heavy atom. The molecule has 0 aromatic rings. The molecule has 1 atom stereocenters. The molecule has 3 nitrogen and oxygen atoms in total. The molecule has 82 valence electrons. The predicted molar refractivity (Wildman–Crippen MR) is 60.0 cm³/mol. The number of hydrogen-bond acceptors (Lipinski definition) is 2. The standard InChI is InChI=1S/C11H22N2O/c1-4-6-7-9-13(3)11(14)10(12)8-5-2/h4,10H,1,5-9,12H2,2-3H3/t10-/m0/s1. The van der Waals surface area contributed by atoms with Gasteiger partial charge in [-0.25, -0.2) is 0 Å². The molecule has 0 aliphatic rings. The Bertz CT molecular complexity index is 180. The molecule has 1 amide bonds. The fourth-order valence-corrected chi connectivity index (χ4v) is 1.30. The lowest BCUT2D eigenvalue weighted by atomic mass is 10.1. The average Bonchev–Trinajstić information content (AvgIpc) is 2.17. The van der Waals surface area contributed by atoms with Crippen molar-refractivity contribution in [3.05, 3.63) is 12.7 Å². The summed E-state index contributed by atoms with van der Waals surface area (Å²) in [5.74, 6) is 0.0518. The monoisotopic (exact) mass is 198 g/mol. The number of allylic oxidation sites excluding steroid dienone is 1. The third kappa shape index (κ3) is 5.02. The summed E-state index contributed by atoms with van der Waals surface area (Å²) < 4.78 is 0. The summed E-state index contributed by atoms with van der Waals surface area (Å²) in [7, 11) is 1.81. The second kappa shape index (κ2) is 7.56. The van der Waals surface area contributed by atoms with E-state index in [1.54, 1.807) is 11.9 Å². The largest absolute Gasteiger partial charge is 0.344 e. The van der Waals surface area contributed by atoms with Crippen molar-refractivity contribution in [1.29, 1.82) is 0 Å². The van der Waals surface area contributed by atoms with E-state index in [1.807, 2.05) is 13.0 Å². The van der Waals surface area contributed by atoms with Gasteiger partial charge in [-0.05, 0) is 19.3 Å². The van der Waals surface area contributed by atoms with E-state index in [0.717, 1.165) is 32.2 Å². The topological polar surface area (TPSA) is 46.3 Å². The molecule has 0 unspecified atom stereocenters. The summed E-state index contributed by atoms with van der Waals surface area (Å²) in [4.78, 5) is 13.3. The molecule has 0 aromatic carbocycles. The highest BCUT2D eigenvalue weighted by Gasteiger charge is 2.15. The van der Waals surface area contributed by atoms with Gasteiger partial charge in [-0.3, -0.25) is 4.79 Å². The van der Waals surface area contributed by atoms with Crippen LogP contribution in [0.2, 0.25) is 0 Å². The van der Waals surface area contributed by atoms with Crippen molar-refractivity contribution in [1.82, 2.24) is 4.90 Å². The summed E-state index contributed by atoms with van der Waals surface area (Å²) in [5.41, 5.74) is 5.72. The van der Waals surface area contributed by atoms with E-state index < -0.39 is 0 Å². The molecular weight excluding hydrogens is 176 g/mol. The lowest BCUT2D eigenvalue weighted by molar-refractivity contribution is -0.131. The Balaban J connectivity index is 3.79. The third-order valence-corrected chi connectivity index (χ3v) is 2.19. The van der Waals surface area contributed by atoms with Gasteiger partial charge in [0.2, 0.25) is 5.91 Å². The smallest absolute Gasteiger partial charge is 0.239 e. The summed E-state index contributed by atoms with van der Waals surface area (Å²) in [6, 6.07) is -0.325. The molecule has 0 radical (unpaired) electrons. The van der Waals surface area contributed by atoms with Crippen molar-refractivity contribution in [2.45, 2.75) is 38.6 Å². The van der Waals surface area contributed by atoms with Crippen LogP contribution in [-0.2, 0) is 4.79 Å². The van der Waals surface area contributed by atoms with Gasteiger partial charge in [0.1, 0.15) is 0 Å². The Kier molecular flexibility index (Phi) is 7.11. The Labute approximate surface area is 87.0 Å². The summed E-state index contributed by atoms with van der Waals surface area (Å²) in [6.45, 7) is 6.44. The van der Waals surface area contributed by atoms with Crippen LogP contribution in [-0.4, -0.2) is 30.4 Å². The summed E-state index contributed by atoms with van der Waals surface area (Å²) in [6.07, 6.45) is 5.49. The highest BCUT2D eigenvalue weighted by Crippen LogP contribution is 2.00. The van der Waals surface area contributed by atoms with Crippen molar-refractivity contribution in [3.63, 3.8) is 0 Å². The highest BCUT2D eigenvalue weighted by molar-refractivity contribution is 5.81. The Morgan fingerprint density at radius 1 is 1.64 bits per heavy atom. The molecule has 0 spiro atoms. The van der Waals surface area contributed by atoms with Crippen LogP contribution >= 0.6 is 0 Å². The molecular formula is C11H22N2O. The van der Waals surface area contributed by atoms with Crippen LogP contribution < -0.4 is 5.73 Å². The Hall–Kier alpha value is -0.830. The quantitative estimate of drug-likeness (QED) is 0.498. The number of nitrogens with zero attached hydrogens (tertiary/aromatic N) is 1. The molecule has 3 heteroatoms. The van der Waals surface area contributed by atoms with Gasteiger partial charge in [0.15, 0.2) is 0 Å². The van der Waals surface area contributed by atoms with Crippen LogP contribution in [0.5, 0.6) is 0 Å². The van der Waals surface area contributed by atoms with Crippen molar-refractivity contribution >= 4 is 5.91 Å². The van der Waals surface area contributed by atoms with Crippen LogP contribution in [0.4, 0.5) is 0 Å². The molecule has 0 aromatic heterocycles. The third-order valence-electron chi connectivity index (χ3n) is 2.19. The number of carbonyl (C=O) groups is 1. The van der Waals surface area contributed by atoms with Crippen LogP contribution in [0.1, 0.15) is 32.6 Å². The van der Waals surface area contributed by atoms with Crippen molar-refractivity contribution in [2.75, 3.05) is 13.6 Å². The molecule has 0 aliphatic carbocycles. The molecule has 14 heavy (non-hydrogen) atoms. The van der Waals surface area contributed by atoms with Crippen LogP contribution in [0.3, 0.4) is 0 Å². The molecule has 0 aliphatic heterocycles. The number of hydrogen-bond donors (Lipinski definition) is 1. The SMILES string of the molecule is C=CCCCN(C)C(=O)[C@@H](N)CCC. The number of unbranched alkanes of at least 4 members (excludes halogenated alkanes) is 1. The van der Waals surface area contributed by atoms with Crippen molar-refractivity contribution in [3.8, 4) is 0 Å². The first kappa shape index (κ1) is 13.2. The second-order valence-electron chi connectivity index (χ2n) is 3.59. The highest BCUT2D eigenvalue weighted by atomic mass is 16.2. The predicted octanol–water partition coefficient (Wildman–Crippen LogP) is 1.54. The van der Waals surface area contributed by atoms with E-state index >= 15 is 0 Å². The minimum absolute atomic E-state index is 0.0518. The number of amides is 1. The number of likely N-dealkylation sites (N-methyl/N-ethyl adjacent to an activating group) is 1. The van der Waals surface area contributed by atoms with E-state index in [1.165, 1.54) is 0 Å². The average molecular weight is 198 g/mol. The van der Waals surface area contributed by atoms with Crippen LogP contribution in [0.25, 0.3) is 0 Å². The zero-order valence-electron chi connectivity index (χ0n) is 9.33. The maximum absolute atomic E-state index is 11.6. The first-order chi connectivity index (χ1) is 6.63. The molecule has 0 bridgehead atoms. The van der Waals surface area contributed by atoms with Gasteiger partial charge in [-0.2, -0.15) is 0 Å². The lowest BCUT2D eigenvalue weighted by Crippen LogP contribution is -2.41. The summed E-state index contributed by atoms with van der Waals surface area (Å²) in [5, 5.41) is 0. The van der Waals surface area contributed by atoms with E-state index in [-0.39, 0.29) is 11.9 Å². The lowest BCUT2D eigenvalue weighted by Gasteiger charge is -2.20. The van der Waals surface area contributed by atoms with E-state index in [4.69, 9.17) is 5.73 Å². The zero-order chi connectivity index (χ0) is 11.0. The fourth-order valence-electron chi connectivity index (χ4n) is 1.30. The molecule has 0 rings (SSSR count). The van der Waals surface area contributed by atoms with E-state index in [0.29, 0.717) is 0 Å². The maximum atomic E-state index is 11.6. The van der Waals surface area contributed by atoms with Gasteiger partial charge < -0.3 is 10.6 Å². The van der Waals surface area contributed by atoms with Gasteiger partial charge in [0.05, 0.1) is 6.04 Å². The van der Waals surface area contributed by atoms with Crippen LogP contribution in [0, 0.1) is 0 Å². The van der Waals surface area contributed by atoms with E-state index in [9.17, 15) is 4.79 Å². The first-order valence-electron chi connectivity index (χ1n) is 5.25. The number of rotatable bonds is 7. The Morgan fingerprint density at radius 3 is 2.79 bits per heavy atom. The maximum Gasteiger partial charge on any atom is 0.239 e. The van der Waals surface area contributed by atoms with Crippen LogP contribution in [0.15, 0.2) is 12.7 Å². The molecule has 0 saturated heterocycles. The normalized spacial score (nSPS) is 12.2. The van der Waals surface area contributed by atoms with Gasteiger partial charge >= 0.3 is 0 Å². The first-order valence-corrected chi connectivity index (χ1v) is 5.25. The molecule has 0 heterocycles. The van der Waals surface area contributed by atoms with Crippen molar-refractivity contribution in [2.24, 2.45) is 5.73 Å². The summed E-state index contributed by atoms with van der Waals surface area (Å²) >= 11 is 0. The van der Waals surface area contributed by atoms with Gasteiger partial charge in [0.25, 0.3) is 0 Å². The zero-order valence-corrected chi connectivity index (χ0v) is 9.33. The second-order valence-corrected chi connectivity index (χ2v) is 3.59. The van der Waals surface area contributed by atoms with Gasteiger partial charge in [0, 0.05) is 13.6 Å². The minimum Gasteiger partial charge on any atom is -0.344 e.